The minimum Gasteiger partial charge on any atom is -0.327 e. The highest BCUT2D eigenvalue weighted by atomic mass is 16.2. The van der Waals surface area contributed by atoms with E-state index < -0.39 is 5.54 Å². The van der Waals surface area contributed by atoms with Crippen LogP contribution in [0, 0.1) is 11.3 Å². The van der Waals surface area contributed by atoms with Crippen LogP contribution in [0.3, 0.4) is 0 Å². The van der Waals surface area contributed by atoms with E-state index in [1.54, 1.807) is 7.05 Å². The molecule has 0 N–H and O–H groups in total. The van der Waals surface area contributed by atoms with E-state index in [0.717, 1.165) is 30.0 Å². The summed E-state index contributed by atoms with van der Waals surface area (Å²) in [5.41, 5.74) is -0.0221. The Hall–Kier alpha value is -2.67. The van der Waals surface area contributed by atoms with Crippen LogP contribution in [0.15, 0.2) is 42.5 Å². The molecular weight excluding hydrogens is 300 g/mol. The zero-order chi connectivity index (χ0) is 17.2. The summed E-state index contributed by atoms with van der Waals surface area (Å²) in [6.07, 6.45) is 2.74. The Bertz CT molecular complexity index is 831. The first-order valence-corrected chi connectivity index (χ1v) is 8.26. The molecule has 0 radical (unpaired) electrons. The second-order valence-corrected chi connectivity index (χ2v) is 6.43. The van der Waals surface area contributed by atoms with Crippen molar-refractivity contribution in [1.82, 2.24) is 4.90 Å². The van der Waals surface area contributed by atoms with E-state index in [2.05, 4.69) is 6.07 Å². The first-order chi connectivity index (χ1) is 11.6. The molecule has 0 heterocycles. The number of hydrogen-bond donors (Lipinski definition) is 0. The second-order valence-electron chi connectivity index (χ2n) is 6.43. The molecule has 0 saturated heterocycles. The number of nitrogens with zero attached hydrogens (tertiary/aromatic N) is 2. The van der Waals surface area contributed by atoms with E-state index in [1.165, 1.54) is 4.90 Å². The maximum atomic E-state index is 12.4. The number of hydrogen-bond acceptors (Lipinski definition) is 3. The molecule has 1 fully saturated rings. The fourth-order valence-electron chi connectivity index (χ4n) is 3.17. The molecule has 0 unspecified atom stereocenters. The third-order valence-corrected chi connectivity index (χ3v) is 5.04. The fourth-order valence-corrected chi connectivity index (χ4v) is 3.17. The molecule has 4 nitrogen and oxygen atoms in total. The molecule has 1 saturated carbocycles. The van der Waals surface area contributed by atoms with E-state index in [0.29, 0.717) is 5.56 Å². The normalized spacial score (nSPS) is 15.3. The van der Waals surface area contributed by atoms with Crippen molar-refractivity contribution < 1.29 is 9.59 Å². The van der Waals surface area contributed by atoms with Gasteiger partial charge in [0.2, 0.25) is 5.91 Å². The smallest absolute Gasteiger partial charge is 0.224 e. The van der Waals surface area contributed by atoms with Gasteiger partial charge in [0.25, 0.3) is 0 Å². The van der Waals surface area contributed by atoms with E-state index in [1.807, 2.05) is 42.5 Å². The van der Waals surface area contributed by atoms with E-state index in [9.17, 15) is 14.9 Å². The minimum atomic E-state index is -0.650. The van der Waals surface area contributed by atoms with Crippen molar-refractivity contribution in [1.29, 1.82) is 5.26 Å². The molecule has 1 aliphatic rings. The maximum Gasteiger partial charge on any atom is 0.224 e. The summed E-state index contributed by atoms with van der Waals surface area (Å²) in [6, 6.07) is 15.7. The molecule has 24 heavy (non-hydrogen) atoms. The third-order valence-electron chi connectivity index (χ3n) is 5.04. The average molecular weight is 320 g/mol. The topological polar surface area (TPSA) is 61.2 Å². The molecule has 4 heteroatoms. The first kappa shape index (κ1) is 16.2. The summed E-state index contributed by atoms with van der Waals surface area (Å²) in [5, 5.41) is 11.4. The number of Topliss-reactive ketones (excluding diaryl/α,β-unsaturated/α-hetero) is 1. The summed E-state index contributed by atoms with van der Waals surface area (Å²) in [4.78, 5) is 26.2. The van der Waals surface area contributed by atoms with E-state index in [4.69, 9.17) is 0 Å². The second kappa shape index (κ2) is 6.45. The van der Waals surface area contributed by atoms with Crippen molar-refractivity contribution in [2.24, 2.45) is 0 Å². The van der Waals surface area contributed by atoms with Crippen LogP contribution in [0.4, 0.5) is 0 Å². The van der Waals surface area contributed by atoms with Gasteiger partial charge in [-0.05, 0) is 36.1 Å². The third kappa shape index (κ3) is 2.90. The van der Waals surface area contributed by atoms with Crippen LogP contribution in [0.2, 0.25) is 0 Å². The maximum absolute atomic E-state index is 12.4. The Morgan fingerprint density at radius 3 is 2.46 bits per heavy atom. The van der Waals surface area contributed by atoms with Gasteiger partial charge in [0.1, 0.15) is 5.54 Å². The summed E-state index contributed by atoms with van der Waals surface area (Å²) in [7, 11) is 1.67. The van der Waals surface area contributed by atoms with Crippen molar-refractivity contribution in [3.63, 3.8) is 0 Å². The molecule has 0 bridgehead atoms. The Morgan fingerprint density at radius 2 is 1.83 bits per heavy atom. The van der Waals surface area contributed by atoms with Crippen LogP contribution in [0.25, 0.3) is 10.8 Å². The zero-order valence-electron chi connectivity index (χ0n) is 13.8. The number of carbonyl (C=O) groups is 2. The van der Waals surface area contributed by atoms with Gasteiger partial charge in [0.05, 0.1) is 6.07 Å². The molecule has 0 aliphatic heterocycles. The summed E-state index contributed by atoms with van der Waals surface area (Å²) >= 11 is 0. The van der Waals surface area contributed by atoms with E-state index >= 15 is 0 Å². The molecule has 122 valence electrons. The van der Waals surface area contributed by atoms with E-state index in [-0.39, 0.29) is 24.5 Å². The number of nitriles is 1. The number of benzene rings is 2. The minimum absolute atomic E-state index is 0.0397. The van der Waals surface area contributed by atoms with Crippen LogP contribution in [-0.4, -0.2) is 29.2 Å². The predicted octanol–water partition coefficient (Wildman–Crippen LogP) is 3.71. The van der Waals surface area contributed by atoms with Gasteiger partial charge in [0, 0.05) is 25.5 Å². The largest absolute Gasteiger partial charge is 0.327 e. The van der Waals surface area contributed by atoms with Gasteiger partial charge < -0.3 is 4.90 Å². The predicted molar refractivity (Wildman–Crippen MR) is 92.5 cm³/mol. The number of rotatable bonds is 5. The number of ketones is 1. The molecule has 0 spiro atoms. The molecule has 1 amide bonds. The highest BCUT2D eigenvalue weighted by Gasteiger charge is 2.43. The summed E-state index contributed by atoms with van der Waals surface area (Å²) < 4.78 is 0. The van der Waals surface area contributed by atoms with Crippen LogP contribution < -0.4 is 0 Å². The van der Waals surface area contributed by atoms with Crippen LogP contribution >= 0.6 is 0 Å². The zero-order valence-corrected chi connectivity index (χ0v) is 13.8. The fraction of sp³-hybridized carbons (Fsp3) is 0.350. The van der Waals surface area contributed by atoms with Crippen molar-refractivity contribution in [3.05, 3.63) is 48.0 Å². The van der Waals surface area contributed by atoms with Crippen LogP contribution in [0.1, 0.15) is 42.5 Å². The van der Waals surface area contributed by atoms with Gasteiger partial charge in [-0.2, -0.15) is 5.26 Å². The molecule has 3 rings (SSSR count). The van der Waals surface area contributed by atoms with Gasteiger partial charge in [0.15, 0.2) is 5.78 Å². The Morgan fingerprint density at radius 1 is 1.12 bits per heavy atom. The van der Waals surface area contributed by atoms with Crippen molar-refractivity contribution >= 4 is 22.5 Å². The molecule has 0 aromatic heterocycles. The molecule has 1 aliphatic carbocycles. The highest BCUT2D eigenvalue weighted by Crippen LogP contribution is 2.36. The quantitative estimate of drug-likeness (QED) is 0.789. The van der Waals surface area contributed by atoms with Gasteiger partial charge in [-0.25, -0.2) is 0 Å². The first-order valence-electron chi connectivity index (χ1n) is 8.26. The number of amides is 1. The summed E-state index contributed by atoms with van der Waals surface area (Å²) in [5.74, 6) is -0.174. The lowest BCUT2D eigenvalue weighted by atomic mass is 9.76. The van der Waals surface area contributed by atoms with Crippen molar-refractivity contribution in [2.75, 3.05) is 7.05 Å². The molecule has 2 aromatic rings. The van der Waals surface area contributed by atoms with Gasteiger partial charge >= 0.3 is 0 Å². The molecular formula is C20H20N2O2. The van der Waals surface area contributed by atoms with Gasteiger partial charge in [-0.1, -0.05) is 36.4 Å². The summed E-state index contributed by atoms with van der Waals surface area (Å²) in [6.45, 7) is 0. The van der Waals surface area contributed by atoms with Gasteiger partial charge in [-0.3, -0.25) is 9.59 Å². The Balaban J connectivity index is 1.64. The van der Waals surface area contributed by atoms with Crippen LogP contribution in [-0.2, 0) is 4.79 Å². The number of fused-ring (bicyclic) bond motifs is 1. The Labute approximate surface area is 141 Å². The van der Waals surface area contributed by atoms with Crippen molar-refractivity contribution in [2.45, 2.75) is 37.6 Å². The van der Waals surface area contributed by atoms with Crippen LogP contribution in [0.5, 0.6) is 0 Å². The highest BCUT2D eigenvalue weighted by molar-refractivity contribution is 6.01. The van der Waals surface area contributed by atoms with Gasteiger partial charge in [-0.15, -0.1) is 0 Å². The monoisotopic (exact) mass is 320 g/mol. The standard InChI is InChI=1S/C20H20N2O2/c1-22(20(14-21)11-4-12-20)19(24)10-9-18(23)17-8-7-15-5-2-3-6-16(15)13-17/h2-3,5-8,13H,4,9-12H2,1H3. The molecule has 0 atom stereocenters. The molecule has 2 aromatic carbocycles. The lowest BCUT2D eigenvalue weighted by Gasteiger charge is -2.43. The Kier molecular flexibility index (Phi) is 4.35. The average Bonchev–Trinajstić information content (AvgIpc) is 2.58. The lowest BCUT2D eigenvalue weighted by Crippen LogP contribution is -2.53. The number of carbonyl (C=O) groups excluding carboxylic acids is 2. The lowest BCUT2D eigenvalue weighted by molar-refractivity contribution is -0.136. The van der Waals surface area contributed by atoms with Crippen molar-refractivity contribution in [3.8, 4) is 6.07 Å². The SMILES string of the molecule is CN(C(=O)CCC(=O)c1ccc2ccccc2c1)C1(C#N)CCC1.